The van der Waals surface area contributed by atoms with Crippen molar-refractivity contribution >= 4 is 23.4 Å². The van der Waals surface area contributed by atoms with Crippen molar-refractivity contribution in [1.82, 2.24) is 0 Å². The van der Waals surface area contributed by atoms with Gasteiger partial charge in [-0.05, 0) is 49.2 Å². The molecular formula is C15H23ClS. The van der Waals surface area contributed by atoms with Crippen LogP contribution in [-0.2, 0) is 6.42 Å². The van der Waals surface area contributed by atoms with E-state index in [0.29, 0.717) is 5.92 Å². The van der Waals surface area contributed by atoms with E-state index in [0.717, 1.165) is 12.3 Å². The average molecular weight is 271 g/mol. The van der Waals surface area contributed by atoms with Crippen LogP contribution < -0.4 is 0 Å². The highest BCUT2D eigenvalue weighted by atomic mass is 35.5. The van der Waals surface area contributed by atoms with Crippen molar-refractivity contribution in [2.75, 3.05) is 17.4 Å². The van der Waals surface area contributed by atoms with Gasteiger partial charge in [-0.1, -0.05) is 36.8 Å². The summed E-state index contributed by atoms with van der Waals surface area (Å²) in [5, 5.41) is 0. The van der Waals surface area contributed by atoms with Gasteiger partial charge in [0.15, 0.2) is 0 Å². The zero-order valence-corrected chi connectivity index (χ0v) is 12.5. The Bertz CT molecular complexity index is 294. The van der Waals surface area contributed by atoms with E-state index in [1.165, 1.54) is 35.5 Å². The van der Waals surface area contributed by atoms with Crippen molar-refractivity contribution in [2.45, 2.75) is 33.1 Å². The zero-order chi connectivity index (χ0) is 12.5. The standard InChI is InChI=1S/C15H23ClS/c1-3-17-10-4-5-15(12-16)11-14-8-6-13(2)7-9-14/h6-9,15H,3-5,10-12H2,1-2H3. The van der Waals surface area contributed by atoms with Crippen LogP contribution in [0.25, 0.3) is 0 Å². The first-order chi connectivity index (χ1) is 8.26. The summed E-state index contributed by atoms with van der Waals surface area (Å²) in [6, 6.07) is 8.84. The Balaban J connectivity index is 2.33. The van der Waals surface area contributed by atoms with E-state index in [9.17, 15) is 0 Å². The zero-order valence-electron chi connectivity index (χ0n) is 10.9. The maximum Gasteiger partial charge on any atom is 0.0254 e. The lowest BCUT2D eigenvalue weighted by Gasteiger charge is -2.13. The molecule has 17 heavy (non-hydrogen) atoms. The molecule has 1 aromatic carbocycles. The highest BCUT2D eigenvalue weighted by Gasteiger charge is 2.08. The minimum absolute atomic E-state index is 0.636. The van der Waals surface area contributed by atoms with E-state index in [1.54, 1.807) is 0 Å². The molecule has 0 amide bonds. The van der Waals surface area contributed by atoms with E-state index in [2.05, 4.69) is 38.1 Å². The van der Waals surface area contributed by atoms with Crippen LogP contribution in [-0.4, -0.2) is 17.4 Å². The van der Waals surface area contributed by atoms with Gasteiger partial charge in [0.05, 0.1) is 0 Å². The lowest BCUT2D eigenvalue weighted by Crippen LogP contribution is -2.07. The van der Waals surface area contributed by atoms with Gasteiger partial charge in [0.2, 0.25) is 0 Å². The number of rotatable bonds is 8. The van der Waals surface area contributed by atoms with Gasteiger partial charge in [-0.15, -0.1) is 11.6 Å². The van der Waals surface area contributed by atoms with Crippen molar-refractivity contribution in [1.29, 1.82) is 0 Å². The summed E-state index contributed by atoms with van der Waals surface area (Å²) in [5.41, 5.74) is 2.75. The Kier molecular flexibility index (Phi) is 7.79. The minimum Gasteiger partial charge on any atom is -0.162 e. The fraction of sp³-hybridized carbons (Fsp3) is 0.600. The van der Waals surface area contributed by atoms with Gasteiger partial charge in [-0.2, -0.15) is 11.8 Å². The largest absolute Gasteiger partial charge is 0.162 e. The average Bonchev–Trinajstić information content (AvgIpc) is 2.35. The fourth-order valence-corrected chi connectivity index (χ4v) is 2.83. The third-order valence-corrected chi connectivity index (χ3v) is 4.39. The molecular weight excluding hydrogens is 248 g/mol. The van der Waals surface area contributed by atoms with E-state index >= 15 is 0 Å². The van der Waals surface area contributed by atoms with Gasteiger partial charge in [0.25, 0.3) is 0 Å². The molecule has 0 saturated carbocycles. The normalized spacial score (nSPS) is 12.6. The second-order valence-corrected chi connectivity index (χ2v) is 6.25. The van der Waals surface area contributed by atoms with Crippen LogP contribution >= 0.6 is 23.4 Å². The Morgan fingerprint density at radius 1 is 1.24 bits per heavy atom. The second-order valence-electron chi connectivity index (χ2n) is 4.55. The van der Waals surface area contributed by atoms with Gasteiger partial charge in [-0.25, -0.2) is 0 Å². The van der Waals surface area contributed by atoms with Gasteiger partial charge >= 0.3 is 0 Å². The highest BCUT2D eigenvalue weighted by molar-refractivity contribution is 7.99. The van der Waals surface area contributed by atoms with E-state index in [4.69, 9.17) is 11.6 Å². The first-order valence-electron chi connectivity index (χ1n) is 6.45. The van der Waals surface area contributed by atoms with Crippen LogP contribution in [0.15, 0.2) is 24.3 Å². The molecule has 1 rings (SSSR count). The minimum atomic E-state index is 0.636. The SMILES string of the molecule is CCSCCCC(CCl)Cc1ccc(C)cc1. The van der Waals surface area contributed by atoms with Crippen molar-refractivity contribution < 1.29 is 0 Å². The quantitative estimate of drug-likeness (QED) is 0.477. The van der Waals surface area contributed by atoms with Crippen LogP contribution in [0.3, 0.4) is 0 Å². The molecule has 0 N–H and O–H groups in total. The highest BCUT2D eigenvalue weighted by Crippen LogP contribution is 2.18. The summed E-state index contributed by atoms with van der Waals surface area (Å²) < 4.78 is 0. The van der Waals surface area contributed by atoms with Crippen LogP contribution in [0.1, 0.15) is 30.9 Å². The number of benzene rings is 1. The number of halogens is 1. The maximum atomic E-state index is 6.05. The number of hydrogen-bond acceptors (Lipinski definition) is 1. The van der Waals surface area contributed by atoms with Crippen LogP contribution in [0.5, 0.6) is 0 Å². The molecule has 0 spiro atoms. The first kappa shape index (κ1) is 14.9. The van der Waals surface area contributed by atoms with Crippen LogP contribution in [0.4, 0.5) is 0 Å². The van der Waals surface area contributed by atoms with Gasteiger partial charge in [-0.3, -0.25) is 0 Å². The van der Waals surface area contributed by atoms with Crippen molar-refractivity contribution in [3.63, 3.8) is 0 Å². The van der Waals surface area contributed by atoms with Gasteiger partial charge in [0.1, 0.15) is 0 Å². The molecule has 1 unspecified atom stereocenters. The fourth-order valence-electron chi connectivity index (χ4n) is 1.91. The molecule has 0 aliphatic rings. The molecule has 2 heteroatoms. The third kappa shape index (κ3) is 6.38. The molecule has 0 heterocycles. The molecule has 0 radical (unpaired) electrons. The van der Waals surface area contributed by atoms with Crippen molar-refractivity contribution in [2.24, 2.45) is 5.92 Å². The van der Waals surface area contributed by atoms with E-state index < -0.39 is 0 Å². The molecule has 96 valence electrons. The summed E-state index contributed by atoms with van der Waals surface area (Å²) in [4.78, 5) is 0. The molecule has 0 fully saturated rings. The number of hydrogen-bond donors (Lipinski definition) is 0. The number of thioether (sulfide) groups is 1. The van der Waals surface area contributed by atoms with Gasteiger partial charge in [0, 0.05) is 5.88 Å². The van der Waals surface area contributed by atoms with Crippen molar-refractivity contribution in [3.05, 3.63) is 35.4 Å². The molecule has 0 saturated heterocycles. The van der Waals surface area contributed by atoms with E-state index in [-0.39, 0.29) is 0 Å². The van der Waals surface area contributed by atoms with Crippen LogP contribution in [0, 0.1) is 12.8 Å². The van der Waals surface area contributed by atoms with Gasteiger partial charge < -0.3 is 0 Å². The first-order valence-corrected chi connectivity index (χ1v) is 8.14. The molecule has 0 bridgehead atoms. The molecule has 1 atom stereocenters. The predicted octanol–water partition coefficient (Wildman–Crippen LogP) is 4.93. The molecule has 0 aliphatic heterocycles. The summed E-state index contributed by atoms with van der Waals surface area (Å²) in [7, 11) is 0. The summed E-state index contributed by atoms with van der Waals surface area (Å²) in [5.74, 6) is 3.92. The monoisotopic (exact) mass is 270 g/mol. The summed E-state index contributed by atoms with van der Waals surface area (Å²) >= 11 is 8.08. The maximum absolute atomic E-state index is 6.05. The number of alkyl halides is 1. The Labute approximate surface area is 115 Å². The smallest absolute Gasteiger partial charge is 0.0254 e. The Morgan fingerprint density at radius 3 is 2.53 bits per heavy atom. The van der Waals surface area contributed by atoms with Crippen molar-refractivity contribution in [3.8, 4) is 0 Å². The van der Waals surface area contributed by atoms with Crippen LogP contribution in [0.2, 0.25) is 0 Å². The molecule has 0 aromatic heterocycles. The summed E-state index contributed by atoms with van der Waals surface area (Å²) in [6.45, 7) is 4.35. The lowest BCUT2D eigenvalue weighted by molar-refractivity contribution is 0.530. The lowest BCUT2D eigenvalue weighted by atomic mass is 9.96. The molecule has 1 aromatic rings. The second kappa shape index (κ2) is 8.88. The number of aryl methyl sites for hydroxylation is 1. The predicted molar refractivity (Wildman–Crippen MR) is 81.3 cm³/mol. The topological polar surface area (TPSA) is 0 Å². The summed E-state index contributed by atoms with van der Waals surface area (Å²) in [6.07, 6.45) is 3.67. The third-order valence-electron chi connectivity index (χ3n) is 2.97. The Morgan fingerprint density at radius 2 is 1.94 bits per heavy atom. The molecule has 0 aliphatic carbocycles. The van der Waals surface area contributed by atoms with E-state index in [1.807, 2.05) is 11.8 Å². The molecule has 0 nitrogen and oxygen atoms in total. The Hall–Kier alpha value is -0.140.